The minimum absolute atomic E-state index is 0.219. The molecule has 1 aliphatic rings. The Morgan fingerprint density at radius 2 is 2.25 bits per heavy atom. The van der Waals surface area contributed by atoms with Gasteiger partial charge >= 0.3 is 0 Å². The summed E-state index contributed by atoms with van der Waals surface area (Å²) in [5, 5.41) is 0. The molecule has 0 saturated carbocycles. The van der Waals surface area contributed by atoms with Crippen LogP contribution in [0.15, 0.2) is 24.3 Å². The fraction of sp³-hybridized carbons (Fsp3) is 0.625. The van der Waals surface area contributed by atoms with Gasteiger partial charge in [0.1, 0.15) is 5.75 Å². The number of nitrogens with two attached hydrogens (primary N) is 1. The van der Waals surface area contributed by atoms with Crippen molar-refractivity contribution in [1.29, 1.82) is 0 Å². The molecule has 2 rings (SSSR count). The maximum atomic E-state index is 6.04. The van der Waals surface area contributed by atoms with Crippen LogP contribution in [0.2, 0.25) is 0 Å². The van der Waals surface area contributed by atoms with Gasteiger partial charge in [-0.1, -0.05) is 12.1 Å². The first-order chi connectivity index (χ1) is 9.65. The van der Waals surface area contributed by atoms with Crippen molar-refractivity contribution in [3.63, 3.8) is 0 Å². The molecule has 0 amide bonds. The second-order valence-corrected chi connectivity index (χ2v) is 5.45. The summed E-state index contributed by atoms with van der Waals surface area (Å²) in [5.74, 6) is 0.914. The molecule has 20 heavy (non-hydrogen) atoms. The molecule has 4 heteroatoms. The lowest BCUT2D eigenvalue weighted by atomic mass is 10.0. The second kappa shape index (κ2) is 7.07. The van der Waals surface area contributed by atoms with E-state index in [-0.39, 0.29) is 12.1 Å². The zero-order chi connectivity index (χ0) is 14.5. The van der Waals surface area contributed by atoms with Crippen LogP contribution in [0.5, 0.6) is 5.75 Å². The summed E-state index contributed by atoms with van der Waals surface area (Å²) in [6.07, 6.45) is 0.260. The van der Waals surface area contributed by atoms with E-state index in [1.807, 2.05) is 19.1 Å². The lowest BCUT2D eigenvalue weighted by Crippen LogP contribution is -2.50. The van der Waals surface area contributed by atoms with Gasteiger partial charge in [0.25, 0.3) is 0 Å². The zero-order valence-electron chi connectivity index (χ0n) is 12.7. The average Bonchev–Trinajstić information content (AvgIpc) is 2.44. The van der Waals surface area contributed by atoms with Crippen molar-refractivity contribution in [2.75, 3.05) is 26.3 Å². The van der Waals surface area contributed by atoms with Crippen LogP contribution < -0.4 is 10.5 Å². The van der Waals surface area contributed by atoms with Gasteiger partial charge in [-0.15, -0.1) is 0 Å². The standard InChI is InChI=1S/C16H26N2O2/c1-4-19-15-7-5-6-14(8-15)16(9-17)18-10-13(3)20-11-12(18)2/h5-8,12-13,16H,4,9-11,17H2,1-3H3. The summed E-state index contributed by atoms with van der Waals surface area (Å²) in [6.45, 7) is 9.28. The number of nitrogens with zero attached hydrogens (tertiary/aromatic N) is 1. The Morgan fingerprint density at radius 3 is 2.95 bits per heavy atom. The molecule has 1 saturated heterocycles. The Labute approximate surface area is 121 Å². The van der Waals surface area contributed by atoms with Crippen LogP contribution in [0.1, 0.15) is 32.4 Å². The average molecular weight is 278 g/mol. The summed E-state index contributed by atoms with van der Waals surface area (Å²) < 4.78 is 11.3. The minimum atomic E-state index is 0.219. The molecule has 1 aromatic rings. The molecule has 1 heterocycles. The fourth-order valence-electron chi connectivity index (χ4n) is 2.80. The molecule has 0 bridgehead atoms. The molecule has 0 aliphatic carbocycles. The third-order valence-corrected chi connectivity index (χ3v) is 3.83. The Morgan fingerprint density at radius 1 is 1.45 bits per heavy atom. The number of hydrogen-bond donors (Lipinski definition) is 1. The van der Waals surface area contributed by atoms with Gasteiger partial charge in [0.2, 0.25) is 0 Å². The van der Waals surface area contributed by atoms with E-state index in [9.17, 15) is 0 Å². The Kier molecular flexibility index (Phi) is 5.40. The summed E-state index contributed by atoms with van der Waals surface area (Å²) in [7, 11) is 0. The molecule has 112 valence electrons. The highest BCUT2D eigenvalue weighted by Crippen LogP contribution is 2.27. The maximum Gasteiger partial charge on any atom is 0.119 e. The largest absolute Gasteiger partial charge is 0.494 e. The molecule has 3 atom stereocenters. The number of rotatable bonds is 5. The van der Waals surface area contributed by atoms with E-state index < -0.39 is 0 Å². The molecule has 0 aromatic heterocycles. The van der Waals surface area contributed by atoms with Crippen molar-refractivity contribution in [1.82, 2.24) is 4.90 Å². The first-order valence-corrected chi connectivity index (χ1v) is 7.45. The number of morpholine rings is 1. The molecule has 0 spiro atoms. The predicted molar refractivity (Wildman–Crippen MR) is 81.0 cm³/mol. The van der Waals surface area contributed by atoms with Crippen LogP contribution in [-0.4, -0.2) is 43.3 Å². The zero-order valence-corrected chi connectivity index (χ0v) is 12.7. The third-order valence-electron chi connectivity index (χ3n) is 3.83. The van der Waals surface area contributed by atoms with Gasteiger partial charge < -0.3 is 15.2 Å². The van der Waals surface area contributed by atoms with Gasteiger partial charge in [-0.3, -0.25) is 4.90 Å². The molecule has 4 nitrogen and oxygen atoms in total. The van der Waals surface area contributed by atoms with Crippen LogP contribution in [0.3, 0.4) is 0 Å². The molecule has 1 aromatic carbocycles. The highest BCUT2D eigenvalue weighted by Gasteiger charge is 2.29. The summed E-state index contributed by atoms with van der Waals surface area (Å²) in [4.78, 5) is 2.44. The summed E-state index contributed by atoms with van der Waals surface area (Å²) in [6, 6.07) is 8.87. The van der Waals surface area contributed by atoms with Crippen molar-refractivity contribution >= 4 is 0 Å². The molecular formula is C16H26N2O2. The Balaban J connectivity index is 2.20. The van der Waals surface area contributed by atoms with E-state index in [0.717, 1.165) is 18.9 Å². The van der Waals surface area contributed by atoms with Crippen molar-refractivity contribution in [2.45, 2.75) is 39.0 Å². The van der Waals surface area contributed by atoms with Crippen LogP contribution in [0.25, 0.3) is 0 Å². The normalized spacial score (nSPS) is 25.4. The van der Waals surface area contributed by atoms with Gasteiger partial charge in [0, 0.05) is 25.2 Å². The van der Waals surface area contributed by atoms with E-state index in [4.69, 9.17) is 15.2 Å². The molecule has 1 aliphatic heterocycles. The highest BCUT2D eigenvalue weighted by atomic mass is 16.5. The van der Waals surface area contributed by atoms with Crippen LogP contribution in [0, 0.1) is 0 Å². The van der Waals surface area contributed by atoms with Crippen LogP contribution in [0.4, 0.5) is 0 Å². The number of benzene rings is 1. The Bertz CT molecular complexity index is 425. The van der Waals surface area contributed by atoms with Crippen molar-refractivity contribution in [3.8, 4) is 5.75 Å². The maximum absolute atomic E-state index is 6.04. The SMILES string of the molecule is CCOc1cccc(C(CN)N2CC(C)OCC2C)c1. The molecular weight excluding hydrogens is 252 g/mol. The fourth-order valence-corrected chi connectivity index (χ4v) is 2.80. The smallest absolute Gasteiger partial charge is 0.119 e. The van der Waals surface area contributed by atoms with Crippen molar-refractivity contribution < 1.29 is 9.47 Å². The quantitative estimate of drug-likeness (QED) is 0.897. The lowest BCUT2D eigenvalue weighted by molar-refractivity contribution is -0.0654. The first kappa shape index (κ1) is 15.3. The van der Waals surface area contributed by atoms with E-state index in [0.29, 0.717) is 19.2 Å². The molecule has 3 unspecified atom stereocenters. The molecule has 2 N–H and O–H groups in total. The highest BCUT2D eigenvalue weighted by molar-refractivity contribution is 5.31. The van der Waals surface area contributed by atoms with Crippen LogP contribution in [-0.2, 0) is 4.74 Å². The minimum Gasteiger partial charge on any atom is -0.494 e. The van der Waals surface area contributed by atoms with Gasteiger partial charge in [-0.2, -0.15) is 0 Å². The first-order valence-electron chi connectivity index (χ1n) is 7.45. The van der Waals surface area contributed by atoms with Gasteiger partial charge in [-0.05, 0) is 38.5 Å². The van der Waals surface area contributed by atoms with E-state index in [1.165, 1.54) is 5.56 Å². The van der Waals surface area contributed by atoms with E-state index in [1.54, 1.807) is 0 Å². The van der Waals surface area contributed by atoms with Crippen molar-refractivity contribution in [2.24, 2.45) is 5.73 Å². The number of ether oxygens (including phenoxy) is 2. The topological polar surface area (TPSA) is 47.7 Å². The molecule has 1 fully saturated rings. The van der Waals surface area contributed by atoms with E-state index >= 15 is 0 Å². The molecule has 0 radical (unpaired) electrons. The van der Waals surface area contributed by atoms with E-state index in [2.05, 4.69) is 30.9 Å². The van der Waals surface area contributed by atoms with Gasteiger partial charge in [0.15, 0.2) is 0 Å². The summed E-state index contributed by atoms with van der Waals surface area (Å²) in [5.41, 5.74) is 7.27. The van der Waals surface area contributed by atoms with Crippen LogP contribution >= 0.6 is 0 Å². The summed E-state index contributed by atoms with van der Waals surface area (Å²) >= 11 is 0. The number of hydrogen-bond acceptors (Lipinski definition) is 4. The van der Waals surface area contributed by atoms with Gasteiger partial charge in [-0.25, -0.2) is 0 Å². The Hall–Kier alpha value is -1.10. The monoisotopic (exact) mass is 278 g/mol. The van der Waals surface area contributed by atoms with Gasteiger partial charge in [0.05, 0.1) is 19.3 Å². The third kappa shape index (κ3) is 3.51. The van der Waals surface area contributed by atoms with Crippen molar-refractivity contribution in [3.05, 3.63) is 29.8 Å². The second-order valence-electron chi connectivity index (χ2n) is 5.45. The predicted octanol–water partition coefficient (Wildman–Crippen LogP) is 2.19. The lowest BCUT2D eigenvalue weighted by Gasteiger charge is -2.41.